The molecule has 4 aromatic rings. The number of hydrogen-bond donors (Lipinski definition) is 0. The molecule has 1 aromatic heterocycles. The minimum absolute atomic E-state index is 0.364. The van der Waals surface area contributed by atoms with Crippen LogP contribution in [0.3, 0.4) is 0 Å². The van der Waals surface area contributed by atoms with Crippen LogP contribution in [0.15, 0.2) is 54.7 Å². The van der Waals surface area contributed by atoms with Crippen molar-refractivity contribution in [2.24, 2.45) is 0 Å². The van der Waals surface area contributed by atoms with E-state index in [1.54, 1.807) is 0 Å². The summed E-state index contributed by atoms with van der Waals surface area (Å²) in [4.78, 5) is 4.86. The van der Waals surface area contributed by atoms with E-state index in [-0.39, 0.29) is 0 Å². The normalized spacial score (nSPS) is 13.0. The van der Waals surface area contributed by atoms with E-state index in [1.807, 2.05) is 6.20 Å². The molecule has 146 valence electrons. The fourth-order valence-electron chi connectivity index (χ4n) is 4.63. The van der Waals surface area contributed by atoms with Crippen molar-refractivity contribution in [1.82, 2.24) is 4.98 Å². The van der Waals surface area contributed by atoms with Gasteiger partial charge in [-0.1, -0.05) is 0 Å². The van der Waals surface area contributed by atoms with E-state index in [2.05, 4.69) is 79.6 Å². The van der Waals surface area contributed by atoms with Gasteiger partial charge in [0.25, 0.3) is 0 Å². The third kappa shape index (κ3) is 3.05. The van der Waals surface area contributed by atoms with Crippen LogP contribution in [-0.4, -0.2) is 18.3 Å². The summed E-state index contributed by atoms with van der Waals surface area (Å²) in [6.45, 7) is 4.51. The van der Waals surface area contributed by atoms with Gasteiger partial charge in [-0.15, -0.1) is 0 Å². The Kier molecular flexibility index (Phi) is 4.25. The van der Waals surface area contributed by atoms with Crippen LogP contribution in [-0.2, 0) is 5.25 Å². The first-order valence-corrected chi connectivity index (χ1v) is 18.3. The molecule has 0 saturated heterocycles. The average Bonchev–Trinajstić information content (AvgIpc) is 2.67. The van der Waals surface area contributed by atoms with Crippen LogP contribution >= 0.6 is 0 Å². The van der Waals surface area contributed by atoms with Gasteiger partial charge in [0.1, 0.15) is 0 Å². The van der Waals surface area contributed by atoms with Gasteiger partial charge in [-0.25, -0.2) is 0 Å². The Bertz CT molecular complexity index is 1270. The van der Waals surface area contributed by atoms with Gasteiger partial charge in [0, 0.05) is 0 Å². The number of fused-ring (bicyclic) bond motifs is 3. The van der Waals surface area contributed by atoms with E-state index in [1.165, 1.54) is 32.7 Å². The van der Waals surface area contributed by atoms with E-state index < -0.39 is 13.3 Å². The number of nitrogens with zero attached hydrogens (tertiary/aromatic N) is 1. The Morgan fingerprint density at radius 3 is 2.48 bits per heavy atom. The van der Waals surface area contributed by atoms with Crippen LogP contribution < -0.4 is 4.74 Å². The zero-order chi connectivity index (χ0) is 20.3. The summed E-state index contributed by atoms with van der Waals surface area (Å²) in [5.41, 5.74) is 4.82. The van der Waals surface area contributed by atoms with Crippen LogP contribution in [0.1, 0.15) is 30.9 Å². The maximum atomic E-state index is 6.82. The zero-order valence-electron chi connectivity index (χ0n) is 17.8. The van der Waals surface area contributed by atoms with Gasteiger partial charge in [-0.2, -0.15) is 0 Å². The second kappa shape index (κ2) is 6.60. The van der Waals surface area contributed by atoms with Gasteiger partial charge < -0.3 is 0 Å². The molecule has 0 saturated carbocycles. The van der Waals surface area contributed by atoms with E-state index in [4.69, 9.17) is 9.72 Å². The molecule has 0 fully saturated rings. The standard InChI is InChI=1S/C26H27GeNO/c1-16(2)22-20-9-7-6-8-18(20)14-21-24-23-17(12-13-28-24)10-11-19(15-27(3,4)5)25(23)29-26(21)22/h6-14,16H,15H2,1-5H3. The van der Waals surface area contributed by atoms with Crippen LogP contribution in [0, 0.1) is 0 Å². The van der Waals surface area contributed by atoms with Crippen molar-refractivity contribution >= 4 is 34.8 Å². The number of rotatable bonds is 3. The van der Waals surface area contributed by atoms with Crippen molar-refractivity contribution in [3.63, 3.8) is 0 Å². The van der Waals surface area contributed by atoms with E-state index >= 15 is 0 Å². The number of benzene rings is 3. The van der Waals surface area contributed by atoms with Crippen molar-refractivity contribution in [2.45, 2.75) is 42.3 Å². The summed E-state index contributed by atoms with van der Waals surface area (Å²) in [5.74, 6) is 9.79. The topological polar surface area (TPSA) is 22.1 Å². The molecule has 1 aliphatic heterocycles. The molecule has 3 aromatic carbocycles. The summed E-state index contributed by atoms with van der Waals surface area (Å²) >= 11 is -1.81. The summed E-state index contributed by atoms with van der Waals surface area (Å²) in [6, 6.07) is 17.5. The summed E-state index contributed by atoms with van der Waals surface area (Å²) in [5, 5.41) is 6.07. The van der Waals surface area contributed by atoms with Gasteiger partial charge in [0.2, 0.25) is 0 Å². The Morgan fingerprint density at radius 1 is 0.931 bits per heavy atom. The van der Waals surface area contributed by atoms with E-state index in [9.17, 15) is 0 Å². The quantitative estimate of drug-likeness (QED) is 0.267. The van der Waals surface area contributed by atoms with Crippen molar-refractivity contribution in [2.75, 3.05) is 0 Å². The average molecular weight is 442 g/mol. The molecule has 0 spiro atoms. The third-order valence-corrected chi connectivity index (χ3v) is 8.79. The fraction of sp³-hybridized carbons (Fsp3) is 0.269. The van der Waals surface area contributed by atoms with Crippen LogP contribution in [0.5, 0.6) is 11.5 Å². The Labute approximate surface area is 175 Å². The first-order chi connectivity index (χ1) is 13.8. The number of ether oxygens (including phenoxy) is 1. The van der Waals surface area contributed by atoms with Gasteiger partial charge in [0.15, 0.2) is 0 Å². The first kappa shape index (κ1) is 18.7. The number of aromatic nitrogens is 1. The number of pyridine rings is 1. The molecule has 29 heavy (non-hydrogen) atoms. The van der Waals surface area contributed by atoms with Gasteiger partial charge in [-0.05, 0) is 0 Å². The second-order valence-corrected chi connectivity index (χ2v) is 21.2. The Balaban J connectivity index is 1.89. The minimum atomic E-state index is -1.81. The molecule has 0 bridgehead atoms. The molecule has 0 N–H and O–H groups in total. The summed E-state index contributed by atoms with van der Waals surface area (Å²) in [7, 11) is 0. The molecular weight excluding hydrogens is 415 g/mol. The fourth-order valence-corrected chi connectivity index (χ4v) is 7.61. The van der Waals surface area contributed by atoms with Crippen LogP contribution in [0.4, 0.5) is 0 Å². The van der Waals surface area contributed by atoms with Gasteiger partial charge in [0.05, 0.1) is 0 Å². The van der Waals surface area contributed by atoms with E-state index in [0.717, 1.165) is 28.0 Å². The molecule has 2 nitrogen and oxygen atoms in total. The maximum absolute atomic E-state index is 6.82. The predicted octanol–water partition coefficient (Wildman–Crippen LogP) is 7.70. The summed E-state index contributed by atoms with van der Waals surface area (Å²) in [6.07, 6.45) is 1.93. The number of hydrogen-bond acceptors (Lipinski definition) is 2. The monoisotopic (exact) mass is 443 g/mol. The molecule has 1 aliphatic rings. The second-order valence-electron chi connectivity index (χ2n) is 9.69. The Hall–Kier alpha value is -2.33. The van der Waals surface area contributed by atoms with Gasteiger partial charge in [-0.3, -0.25) is 0 Å². The molecule has 5 rings (SSSR count). The van der Waals surface area contributed by atoms with Crippen LogP contribution in [0.25, 0.3) is 32.8 Å². The molecular formula is C26H27GeNO. The molecule has 0 amide bonds. The van der Waals surface area contributed by atoms with Gasteiger partial charge >= 0.3 is 175 Å². The van der Waals surface area contributed by atoms with E-state index in [0.29, 0.717) is 5.92 Å². The zero-order valence-corrected chi connectivity index (χ0v) is 19.9. The molecule has 0 radical (unpaired) electrons. The summed E-state index contributed by atoms with van der Waals surface area (Å²) < 4.78 is 6.82. The SMILES string of the molecule is CC(C)c1c2c(cc3ccccc13)-c1nccc3ccc([CH2][Ge]([CH3])([CH3])[CH3])c(c13)O2. The van der Waals surface area contributed by atoms with Crippen molar-refractivity contribution in [3.8, 4) is 22.8 Å². The van der Waals surface area contributed by atoms with Crippen molar-refractivity contribution < 1.29 is 4.74 Å². The Morgan fingerprint density at radius 2 is 1.72 bits per heavy atom. The van der Waals surface area contributed by atoms with Crippen LogP contribution in [0.2, 0.25) is 17.3 Å². The molecule has 3 heteroatoms. The molecule has 0 atom stereocenters. The molecule has 0 unspecified atom stereocenters. The molecule has 2 heterocycles. The van der Waals surface area contributed by atoms with Crippen molar-refractivity contribution in [3.05, 3.63) is 65.9 Å². The third-order valence-electron chi connectivity index (χ3n) is 5.76. The first-order valence-electron chi connectivity index (χ1n) is 10.5. The molecule has 0 aliphatic carbocycles. The van der Waals surface area contributed by atoms with Crippen molar-refractivity contribution in [1.29, 1.82) is 0 Å². The predicted molar refractivity (Wildman–Crippen MR) is 126 cm³/mol.